The van der Waals surface area contributed by atoms with Gasteiger partial charge >= 0.3 is 0 Å². The first kappa shape index (κ1) is 23.3. The molecule has 3 amide bonds. The molecule has 3 rings (SSSR count). The Kier molecular flexibility index (Phi) is 8.88. The highest BCUT2D eigenvalue weighted by Gasteiger charge is 2.37. The van der Waals surface area contributed by atoms with E-state index >= 15 is 0 Å². The third-order valence-corrected chi connectivity index (χ3v) is 6.40. The van der Waals surface area contributed by atoms with Gasteiger partial charge in [0, 0.05) is 45.8 Å². The highest BCUT2D eigenvalue weighted by Crippen LogP contribution is 2.29. The first-order valence-corrected chi connectivity index (χ1v) is 11.5. The SMILES string of the molecule is COCC(=O)N1CCN(C(=O)CCCc2ccccc2)CCNC(=O)[C@H]2CCCC[C@H]21. The van der Waals surface area contributed by atoms with Crippen molar-refractivity contribution in [2.75, 3.05) is 39.9 Å². The van der Waals surface area contributed by atoms with Crippen molar-refractivity contribution in [1.29, 1.82) is 0 Å². The molecule has 0 aromatic heterocycles. The quantitative estimate of drug-likeness (QED) is 0.750. The summed E-state index contributed by atoms with van der Waals surface area (Å²) in [5.41, 5.74) is 1.23. The van der Waals surface area contributed by atoms with E-state index in [9.17, 15) is 14.4 Å². The van der Waals surface area contributed by atoms with Crippen molar-refractivity contribution >= 4 is 17.7 Å². The Morgan fingerprint density at radius 1 is 1.06 bits per heavy atom. The number of methoxy groups -OCH3 is 1. The Hall–Kier alpha value is -2.41. The van der Waals surface area contributed by atoms with Gasteiger partial charge in [-0.2, -0.15) is 0 Å². The number of hydrogen-bond donors (Lipinski definition) is 1. The second-order valence-electron chi connectivity index (χ2n) is 8.49. The molecule has 0 spiro atoms. The Labute approximate surface area is 185 Å². The van der Waals surface area contributed by atoms with Gasteiger partial charge in [-0.05, 0) is 31.2 Å². The van der Waals surface area contributed by atoms with Gasteiger partial charge in [0.15, 0.2) is 0 Å². The zero-order valence-electron chi connectivity index (χ0n) is 18.6. The van der Waals surface area contributed by atoms with Crippen molar-refractivity contribution in [3.05, 3.63) is 35.9 Å². The molecule has 2 fully saturated rings. The van der Waals surface area contributed by atoms with Crippen LogP contribution in [0.5, 0.6) is 0 Å². The molecule has 1 aromatic carbocycles. The van der Waals surface area contributed by atoms with Crippen LogP contribution in [0.15, 0.2) is 30.3 Å². The van der Waals surface area contributed by atoms with E-state index in [-0.39, 0.29) is 36.3 Å². The zero-order chi connectivity index (χ0) is 22.1. The Balaban J connectivity index is 1.64. The number of rotatable bonds is 6. The Morgan fingerprint density at radius 3 is 2.61 bits per heavy atom. The van der Waals surface area contributed by atoms with Crippen molar-refractivity contribution < 1.29 is 19.1 Å². The lowest BCUT2D eigenvalue weighted by Crippen LogP contribution is -2.56. The third kappa shape index (κ3) is 6.53. The van der Waals surface area contributed by atoms with Gasteiger partial charge in [0.2, 0.25) is 17.7 Å². The summed E-state index contributed by atoms with van der Waals surface area (Å²) in [6.07, 6.45) is 5.73. The smallest absolute Gasteiger partial charge is 0.248 e. The van der Waals surface area contributed by atoms with E-state index < -0.39 is 0 Å². The van der Waals surface area contributed by atoms with Crippen LogP contribution in [-0.4, -0.2) is 73.5 Å². The molecule has 0 unspecified atom stereocenters. The number of fused-ring (bicyclic) bond motifs is 1. The molecule has 0 radical (unpaired) electrons. The lowest BCUT2D eigenvalue weighted by atomic mass is 9.82. The summed E-state index contributed by atoms with van der Waals surface area (Å²) in [5.74, 6) is -0.213. The molecule has 0 bridgehead atoms. The fourth-order valence-corrected chi connectivity index (χ4v) is 4.75. The molecule has 7 heteroatoms. The van der Waals surface area contributed by atoms with Crippen molar-refractivity contribution in [2.24, 2.45) is 5.92 Å². The number of nitrogens with zero attached hydrogens (tertiary/aromatic N) is 2. The van der Waals surface area contributed by atoms with Crippen molar-refractivity contribution in [1.82, 2.24) is 15.1 Å². The zero-order valence-corrected chi connectivity index (χ0v) is 18.6. The molecule has 1 N–H and O–H groups in total. The maximum absolute atomic E-state index is 12.9. The van der Waals surface area contributed by atoms with E-state index in [4.69, 9.17) is 4.74 Å². The monoisotopic (exact) mass is 429 g/mol. The maximum atomic E-state index is 12.9. The summed E-state index contributed by atoms with van der Waals surface area (Å²) in [4.78, 5) is 42.1. The van der Waals surface area contributed by atoms with Crippen LogP contribution in [-0.2, 0) is 25.5 Å². The average molecular weight is 430 g/mol. The molecule has 170 valence electrons. The van der Waals surface area contributed by atoms with Gasteiger partial charge < -0.3 is 19.9 Å². The topological polar surface area (TPSA) is 79.0 Å². The molecule has 1 aliphatic carbocycles. The number of nitrogens with one attached hydrogen (secondary N) is 1. The summed E-state index contributed by atoms with van der Waals surface area (Å²) in [6, 6.07) is 10.0. The van der Waals surface area contributed by atoms with E-state index in [2.05, 4.69) is 17.4 Å². The van der Waals surface area contributed by atoms with E-state index in [1.165, 1.54) is 12.7 Å². The largest absolute Gasteiger partial charge is 0.375 e. The fourth-order valence-electron chi connectivity index (χ4n) is 4.75. The van der Waals surface area contributed by atoms with E-state index in [0.29, 0.717) is 32.6 Å². The number of ether oxygens (including phenoxy) is 1. The Morgan fingerprint density at radius 2 is 1.84 bits per heavy atom. The molecule has 1 heterocycles. The van der Waals surface area contributed by atoms with Crippen molar-refractivity contribution in [3.8, 4) is 0 Å². The van der Waals surface area contributed by atoms with Crippen LogP contribution >= 0.6 is 0 Å². The number of amides is 3. The summed E-state index contributed by atoms with van der Waals surface area (Å²) in [6.45, 7) is 1.85. The average Bonchev–Trinajstić information content (AvgIpc) is 2.79. The first-order valence-electron chi connectivity index (χ1n) is 11.5. The summed E-state index contributed by atoms with van der Waals surface area (Å²) >= 11 is 0. The lowest BCUT2D eigenvalue weighted by molar-refractivity contribution is -0.144. The Bertz CT molecular complexity index is 740. The van der Waals surface area contributed by atoms with Crippen molar-refractivity contribution in [2.45, 2.75) is 51.0 Å². The molecular formula is C24H35N3O4. The lowest BCUT2D eigenvalue weighted by Gasteiger charge is -2.41. The van der Waals surface area contributed by atoms with Gasteiger partial charge in [0.1, 0.15) is 6.61 Å². The summed E-state index contributed by atoms with van der Waals surface area (Å²) < 4.78 is 5.09. The number of aryl methyl sites for hydroxylation is 1. The molecule has 1 aliphatic heterocycles. The van der Waals surface area contributed by atoms with Gasteiger partial charge in [0.25, 0.3) is 0 Å². The molecular weight excluding hydrogens is 394 g/mol. The standard InChI is InChI=1S/C24H35N3O4/c1-31-18-23(29)27-17-16-26(22(28)13-7-10-19-8-3-2-4-9-19)15-14-25-24(30)20-11-5-6-12-21(20)27/h2-4,8-9,20-21H,5-7,10-18H2,1H3,(H,25,30)/t20-,21+/m0/s1. The molecule has 1 saturated heterocycles. The van der Waals surface area contributed by atoms with E-state index in [0.717, 1.165) is 38.5 Å². The number of carbonyl (C=O) groups is 3. The van der Waals surface area contributed by atoms with Gasteiger partial charge in [-0.15, -0.1) is 0 Å². The van der Waals surface area contributed by atoms with Gasteiger partial charge in [-0.25, -0.2) is 0 Å². The van der Waals surface area contributed by atoms with Crippen LogP contribution in [0.4, 0.5) is 0 Å². The minimum atomic E-state index is -0.178. The number of carbonyl (C=O) groups excluding carboxylic acids is 3. The predicted octanol–water partition coefficient (Wildman–Crippen LogP) is 2.00. The highest BCUT2D eigenvalue weighted by atomic mass is 16.5. The van der Waals surface area contributed by atoms with Crippen LogP contribution in [0, 0.1) is 5.92 Å². The normalized spacial score (nSPS) is 22.4. The minimum absolute atomic E-state index is 0.00158. The van der Waals surface area contributed by atoms with Crippen LogP contribution < -0.4 is 5.32 Å². The predicted molar refractivity (Wildman–Crippen MR) is 118 cm³/mol. The first-order chi connectivity index (χ1) is 15.1. The fraction of sp³-hybridized carbons (Fsp3) is 0.625. The highest BCUT2D eigenvalue weighted by molar-refractivity contribution is 5.83. The maximum Gasteiger partial charge on any atom is 0.248 e. The molecule has 2 atom stereocenters. The van der Waals surface area contributed by atoms with Crippen LogP contribution in [0.1, 0.15) is 44.1 Å². The van der Waals surface area contributed by atoms with Gasteiger partial charge in [0.05, 0.1) is 5.92 Å². The van der Waals surface area contributed by atoms with Crippen LogP contribution in [0.2, 0.25) is 0 Å². The molecule has 1 aromatic rings. The van der Waals surface area contributed by atoms with Crippen LogP contribution in [0.25, 0.3) is 0 Å². The van der Waals surface area contributed by atoms with Crippen LogP contribution in [0.3, 0.4) is 0 Å². The van der Waals surface area contributed by atoms with E-state index in [1.807, 2.05) is 18.2 Å². The molecule has 1 saturated carbocycles. The van der Waals surface area contributed by atoms with Gasteiger partial charge in [-0.1, -0.05) is 43.2 Å². The molecule has 31 heavy (non-hydrogen) atoms. The minimum Gasteiger partial charge on any atom is -0.375 e. The number of benzene rings is 1. The summed E-state index contributed by atoms with van der Waals surface area (Å²) in [5, 5.41) is 3.01. The van der Waals surface area contributed by atoms with E-state index in [1.54, 1.807) is 9.80 Å². The summed E-state index contributed by atoms with van der Waals surface area (Å²) in [7, 11) is 1.51. The second-order valence-corrected chi connectivity index (χ2v) is 8.49. The number of hydrogen-bond acceptors (Lipinski definition) is 4. The molecule has 7 nitrogen and oxygen atoms in total. The third-order valence-electron chi connectivity index (χ3n) is 6.40. The van der Waals surface area contributed by atoms with Crippen molar-refractivity contribution in [3.63, 3.8) is 0 Å². The second kappa shape index (κ2) is 11.8. The van der Waals surface area contributed by atoms with Gasteiger partial charge in [-0.3, -0.25) is 14.4 Å². The molecule has 2 aliphatic rings.